The van der Waals surface area contributed by atoms with E-state index >= 15 is 0 Å². The summed E-state index contributed by atoms with van der Waals surface area (Å²) in [4.78, 5) is 18.8. The molecule has 0 spiro atoms. The van der Waals surface area contributed by atoms with Gasteiger partial charge in [0.05, 0.1) is 14.2 Å². The molecule has 2 aromatic rings. The van der Waals surface area contributed by atoms with Crippen molar-refractivity contribution in [2.75, 3.05) is 20.6 Å². The molecule has 2 aromatic carbocycles. The lowest BCUT2D eigenvalue weighted by atomic mass is 10.0. The number of ether oxygens (including phenoxy) is 4. The average Bonchev–Trinajstić information content (AvgIpc) is 2.61. The van der Waals surface area contributed by atoms with Gasteiger partial charge in [-0.25, -0.2) is 0 Å². The van der Waals surface area contributed by atoms with Crippen LogP contribution in [0.4, 0.5) is 0 Å². The molecule has 7 nitrogen and oxygen atoms in total. The van der Waals surface area contributed by atoms with Crippen molar-refractivity contribution in [2.24, 2.45) is 0 Å². The maximum atomic E-state index is 9.97. The highest BCUT2D eigenvalue weighted by Crippen LogP contribution is 2.45. The summed E-state index contributed by atoms with van der Waals surface area (Å²) in [5, 5.41) is 9.97. The highest BCUT2D eigenvalue weighted by Gasteiger charge is 2.18. The summed E-state index contributed by atoms with van der Waals surface area (Å²) in [5.41, 5.74) is 0.757. The van der Waals surface area contributed by atoms with E-state index in [1.807, 2.05) is 13.8 Å². The SMILES string of the molecule is C=P(O)(O)COc1cc(OC)c(Oc2ccc(O)c(C(C)C)c2)c(OC)c1. The lowest BCUT2D eigenvalue weighted by molar-refractivity contribution is 0.323. The van der Waals surface area contributed by atoms with Gasteiger partial charge in [-0.2, -0.15) is 0 Å². The molecule has 0 atom stereocenters. The lowest BCUT2D eigenvalue weighted by Crippen LogP contribution is -2.01. The molecular weight excluding hydrogens is 371 g/mol. The van der Waals surface area contributed by atoms with E-state index in [1.54, 1.807) is 30.3 Å². The van der Waals surface area contributed by atoms with Crippen molar-refractivity contribution in [2.45, 2.75) is 19.8 Å². The number of aromatic hydroxyl groups is 1. The number of hydrogen-bond donors (Lipinski definition) is 3. The van der Waals surface area contributed by atoms with Crippen LogP contribution in [0.1, 0.15) is 25.3 Å². The highest BCUT2D eigenvalue weighted by atomic mass is 31.2. The Labute approximate surface area is 158 Å². The molecule has 0 aromatic heterocycles. The second-order valence-corrected chi connectivity index (χ2v) is 8.30. The fourth-order valence-electron chi connectivity index (χ4n) is 2.39. The van der Waals surface area contributed by atoms with E-state index in [4.69, 9.17) is 18.9 Å². The van der Waals surface area contributed by atoms with Gasteiger partial charge in [-0.3, -0.25) is 0 Å². The van der Waals surface area contributed by atoms with Gasteiger partial charge in [0.15, 0.2) is 17.8 Å². The Balaban J connectivity index is 2.38. The molecule has 0 aliphatic carbocycles. The van der Waals surface area contributed by atoms with Crippen molar-refractivity contribution < 1.29 is 33.8 Å². The van der Waals surface area contributed by atoms with Crippen molar-refractivity contribution in [1.29, 1.82) is 0 Å². The van der Waals surface area contributed by atoms with Gasteiger partial charge in [0.25, 0.3) is 0 Å². The largest absolute Gasteiger partial charge is 0.508 e. The van der Waals surface area contributed by atoms with Crippen molar-refractivity contribution in [3.63, 3.8) is 0 Å². The van der Waals surface area contributed by atoms with E-state index in [0.717, 1.165) is 5.56 Å². The van der Waals surface area contributed by atoms with Crippen molar-refractivity contribution in [1.82, 2.24) is 0 Å². The summed E-state index contributed by atoms with van der Waals surface area (Å²) >= 11 is 0. The number of phenols is 1. The van der Waals surface area contributed by atoms with Gasteiger partial charge in [0, 0.05) is 17.7 Å². The van der Waals surface area contributed by atoms with Crippen LogP contribution in [-0.2, 0) is 0 Å². The first-order valence-electron chi connectivity index (χ1n) is 8.22. The Hall–Kier alpha value is -2.34. The van der Waals surface area contributed by atoms with Crippen LogP contribution >= 0.6 is 7.34 Å². The molecular formula is C19H25O7P. The Morgan fingerprint density at radius 2 is 1.59 bits per heavy atom. The highest BCUT2D eigenvalue weighted by molar-refractivity contribution is 7.62. The van der Waals surface area contributed by atoms with E-state index in [-0.39, 0.29) is 18.0 Å². The third kappa shape index (κ3) is 5.57. The Bertz CT molecular complexity index is 817. The van der Waals surface area contributed by atoms with Crippen LogP contribution < -0.4 is 18.9 Å². The van der Waals surface area contributed by atoms with Crippen LogP contribution in [0.2, 0.25) is 0 Å². The predicted octanol–water partition coefficient (Wildman–Crippen LogP) is 3.93. The minimum Gasteiger partial charge on any atom is -0.508 e. The molecule has 8 heteroatoms. The minimum atomic E-state index is -3.32. The quantitative estimate of drug-likeness (QED) is 0.582. The minimum absolute atomic E-state index is 0.122. The van der Waals surface area contributed by atoms with E-state index in [2.05, 4.69) is 6.30 Å². The van der Waals surface area contributed by atoms with Crippen LogP contribution in [0.15, 0.2) is 30.3 Å². The Kier molecular flexibility index (Phi) is 6.65. The number of phenolic OH excluding ortho intramolecular Hbond substituents is 1. The summed E-state index contributed by atoms with van der Waals surface area (Å²) in [6, 6.07) is 8.07. The fourth-order valence-corrected chi connectivity index (χ4v) is 2.75. The van der Waals surface area contributed by atoms with Crippen molar-refractivity contribution in [3.8, 4) is 34.5 Å². The standard InChI is InChI=1S/C19H25O7P/c1-12(2)15-8-13(6-7-16(15)20)26-19-17(23-3)9-14(10-18(19)24-4)25-11-27(5,21)22/h6-10,12,20-22H,5,11H2,1-4H3. The zero-order valence-corrected chi connectivity index (χ0v) is 16.7. The van der Waals surface area contributed by atoms with Crippen LogP contribution in [-0.4, -0.2) is 41.8 Å². The van der Waals surface area contributed by atoms with E-state index in [1.165, 1.54) is 14.2 Å². The number of methoxy groups -OCH3 is 2. The zero-order valence-electron chi connectivity index (χ0n) is 15.8. The zero-order chi connectivity index (χ0) is 20.2. The Morgan fingerprint density at radius 3 is 2.07 bits per heavy atom. The second-order valence-electron chi connectivity index (χ2n) is 6.29. The maximum absolute atomic E-state index is 9.97. The first-order valence-corrected chi connectivity index (χ1v) is 10.3. The fraction of sp³-hybridized carbons (Fsp3) is 0.316. The number of rotatable bonds is 8. The smallest absolute Gasteiger partial charge is 0.211 e. The molecule has 3 N–H and O–H groups in total. The molecule has 27 heavy (non-hydrogen) atoms. The molecule has 0 fully saturated rings. The molecule has 0 heterocycles. The summed E-state index contributed by atoms with van der Waals surface area (Å²) < 4.78 is 22.0. The van der Waals surface area contributed by atoms with Crippen molar-refractivity contribution >= 4 is 13.6 Å². The van der Waals surface area contributed by atoms with Crippen LogP contribution in [0.3, 0.4) is 0 Å². The molecule has 0 radical (unpaired) electrons. The van der Waals surface area contributed by atoms with Gasteiger partial charge in [-0.05, 0) is 30.4 Å². The summed E-state index contributed by atoms with van der Waals surface area (Å²) in [7, 11) is -0.382. The third-order valence-electron chi connectivity index (χ3n) is 3.71. The lowest BCUT2D eigenvalue weighted by Gasteiger charge is -2.18. The number of benzene rings is 2. The molecule has 0 unspecified atom stereocenters. The second kappa shape index (κ2) is 8.57. The van der Waals surface area contributed by atoms with Crippen LogP contribution in [0.5, 0.6) is 34.5 Å². The van der Waals surface area contributed by atoms with E-state index in [0.29, 0.717) is 28.7 Å². The van der Waals surface area contributed by atoms with Gasteiger partial charge in [0.1, 0.15) is 24.6 Å². The topological polar surface area (TPSA) is 97.6 Å². The third-order valence-corrected chi connectivity index (χ3v) is 4.26. The average molecular weight is 396 g/mol. The summed E-state index contributed by atoms with van der Waals surface area (Å²) in [6.07, 6.45) is 2.94. The van der Waals surface area contributed by atoms with Crippen LogP contribution in [0.25, 0.3) is 0 Å². The first kappa shape index (κ1) is 21.0. The molecule has 2 rings (SSSR count). The monoisotopic (exact) mass is 396 g/mol. The number of hydrogen-bond acceptors (Lipinski definition) is 7. The van der Waals surface area contributed by atoms with Gasteiger partial charge in [0.2, 0.25) is 5.75 Å². The molecule has 0 aliphatic rings. The first-order chi connectivity index (χ1) is 12.6. The summed E-state index contributed by atoms with van der Waals surface area (Å²) in [6.45, 7) is 3.94. The van der Waals surface area contributed by atoms with Crippen LogP contribution in [0, 0.1) is 0 Å². The van der Waals surface area contributed by atoms with Gasteiger partial charge >= 0.3 is 0 Å². The molecule has 0 aliphatic heterocycles. The molecule has 0 amide bonds. The van der Waals surface area contributed by atoms with E-state index < -0.39 is 7.34 Å². The molecule has 0 bridgehead atoms. The van der Waals surface area contributed by atoms with Gasteiger partial charge in [-0.15, -0.1) is 0 Å². The van der Waals surface area contributed by atoms with Crippen molar-refractivity contribution in [3.05, 3.63) is 35.9 Å². The normalized spacial score (nSPS) is 11.4. The van der Waals surface area contributed by atoms with E-state index in [9.17, 15) is 14.9 Å². The molecule has 148 valence electrons. The maximum Gasteiger partial charge on any atom is 0.211 e. The predicted molar refractivity (Wildman–Crippen MR) is 106 cm³/mol. The summed E-state index contributed by atoms with van der Waals surface area (Å²) in [5.74, 6) is 2.16. The van der Waals surface area contributed by atoms with Gasteiger partial charge in [-0.1, -0.05) is 13.8 Å². The molecule has 0 saturated heterocycles. The molecule has 0 saturated carbocycles. The van der Waals surface area contributed by atoms with Gasteiger partial charge < -0.3 is 33.8 Å². The Morgan fingerprint density at radius 1 is 1.00 bits per heavy atom.